The highest BCUT2D eigenvalue weighted by molar-refractivity contribution is 5.69. The standard InChI is InChI=1S/C16H17N/c1-2-6-12-11(5-1)9-10-14-13-7-3-4-8-15(13)17-16(12)14/h3-4,7-8,11H,1-2,5-6,9-10H2. The molecule has 2 aliphatic carbocycles. The fourth-order valence-electron chi connectivity index (χ4n) is 3.69. The van der Waals surface area contributed by atoms with Gasteiger partial charge >= 0.3 is 0 Å². The van der Waals surface area contributed by atoms with E-state index in [-0.39, 0.29) is 0 Å². The van der Waals surface area contributed by atoms with Gasteiger partial charge in [-0.25, -0.2) is 4.99 Å². The Morgan fingerprint density at radius 2 is 1.94 bits per heavy atom. The molecular formula is C16H17N. The molecule has 1 aliphatic heterocycles. The molecule has 1 nitrogen and oxygen atoms in total. The number of rotatable bonds is 0. The molecule has 0 radical (unpaired) electrons. The van der Waals surface area contributed by atoms with Gasteiger partial charge in [0.2, 0.25) is 0 Å². The van der Waals surface area contributed by atoms with Gasteiger partial charge in [0, 0.05) is 5.22 Å². The van der Waals surface area contributed by atoms with Gasteiger partial charge in [0.05, 0.1) is 11.1 Å². The van der Waals surface area contributed by atoms with Crippen LogP contribution in [0, 0.1) is 5.92 Å². The number of nitrogens with zero attached hydrogens (tertiary/aromatic N) is 1. The zero-order valence-electron chi connectivity index (χ0n) is 10.1. The van der Waals surface area contributed by atoms with Crippen molar-refractivity contribution in [2.45, 2.75) is 38.5 Å². The summed E-state index contributed by atoms with van der Waals surface area (Å²) in [4.78, 5) is 4.90. The van der Waals surface area contributed by atoms with Crippen molar-refractivity contribution >= 4 is 5.57 Å². The molecule has 4 rings (SSSR count). The van der Waals surface area contributed by atoms with Crippen molar-refractivity contribution in [3.8, 4) is 0 Å². The summed E-state index contributed by atoms with van der Waals surface area (Å²) in [5, 5.41) is 2.61. The highest BCUT2D eigenvalue weighted by Gasteiger charge is 2.29. The summed E-state index contributed by atoms with van der Waals surface area (Å²) in [5.74, 6) is 0.848. The molecule has 1 heterocycles. The van der Waals surface area contributed by atoms with Crippen LogP contribution in [-0.2, 0) is 0 Å². The van der Waals surface area contributed by atoms with E-state index in [4.69, 9.17) is 4.99 Å². The third-order valence-electron chi connectivity index (χ3n) is 4.54. The molecule has 1 atom stereocenters. The lowest BCUT2D eigenvalue weighted by atomic mass is 9.75. The molecule has 0 N–H and O–H groups in total. The maximum absolute atomic E-state index is 4.90. The topological polar surface area (TPSA) is 12.4 Å². The summed E-state index contributed by atoms with van der Waals surface area (Å²) in [6, 6.07) is 8.64. The van der Waals surface area contributed by atoms with Crippen molar-refractivity contribution in [3.05, 3.63) is 46.1 Å². The minimum atomic E-state index is 0.848. The van der Waals surface area contributed by atoms with Crippen molar-refractivity contribution in [2.24, 2.45) is 10.9 Å². The third-order valence-corrected chi connectivity index (χ3v) is 4.54. The van der Waals surface area contributed by atoms with E-state index >= 15 is 0 Å². The van der Waals surface area contributed by atoms with Crippen molar-refractivity contribution in [1.29, 1.82) is 0 Å². The van der Waals surface area contributed by atoms with Gasteiger partial charge < -0.3 is 0 Å². The number of fused-ring (bicyclic) bond motifs is 3. The number of benzene rings is 1. The van der Waals surface area contributed by atoms with Gasteiger partial charge in [-0.3, -0.25) is 0 Å². The van der Waals surface area contributed by atoms with Gasteiger partial charge in [0.15, 0.2) is 0 Å². The van der Waals surface area contributed by atoms with Crippen LogP contribution in [0.15, 0.2) is 40.5 Å². The van der Waals surface area contributed by atoms with Crippen LogP contribution in [-0.4, -0.2) is 0 Å². The molecule has 0 spiro atoms. The molecule has 17 heavy (non-hydrogen) atoms. The molecular weight excluding hydrogens is 206 g/mol. The predicted octanol–water partition coefficient (Wildman–Crippen LogP) is 2.71. The molecule has 1 heteroatoms. The summed E-state index contributed by atoms with van der Waals surface area (Å²) < 4.78 is 0. The monoisotopic (exact) mass is 223 g/mol. The Bertz CT molecular complexity index is 621. The molecule has 1 fully saturated rings. The number of para-hydroxylation sites is 1. The van der Waals surface area contributed by atoms with Crippen LogP contribution in [0.5, 0.6) is 0 Å². The maximum Gasteiger partial charge on any atom is 0.0712 e. The molecule has 1 aromatic carbocycles. The van der Waals surface area contributed by atoms with Gasteiger partial charge in [0.25, 0.3) is 0 Å². The number of hydrogen-bond acceptors (Lipinski definition) is 1. The van der Waals surface area contributed by atoms with Gasteiger partial charge in [-0.2, -0.15) is 0 Å². The van der Waals surface area contributed by atoms with Crippen LogP contribution in [0.25, 0.3) is 5.57 Å². The summed E-state index contributed by atoms with van der Waals surface area (Å²) in [6.45, 7) is 0. The van der Waals surface area contributed by atoms with Gasteiger partial charge in [-0.05, 0) is 55.2 Å². The highest BCUT2D eigenvalue weighted by Crippen LogP contribution is 2.43. The van der Waals surface area contributed by atoms with Crippen LogP contribution in [0.1, 0.15) is 38.5 Å². The summed E-state index contributed by atoms with van der Waals surface area (Å²) >= 11 is 0. The van der Waals surface area contributed by atoms with Crippen molar-refractivity contribution in [2.75, 3.05) is 0 Å². The Hall–Kier alpha value is -1.37. The molecule has 0 saturated heterocycles. The maximum atomic E-state index is 4.90. The smallest absolute Gasteiger partial charge is 0.0712 e. The van der Waals surface area contributed by atoms with Gasteiger partial charge in [0.1, 0.15) is 0 Å². The molecule has 3 aliphatic rings. The average Bonchev–Trinajstić information content (AvgIpc) is 2.78. The molecule has 0 aromatic heterocycles. The second kappa shape index (κ2) is 3.56. The van der Waals surface area contributed by atoms with Crippen LogP contribution >= 0.6 is 0 Å². The Labute approximate surface area is 102 Å². The van der Waals surface area contributed by atoms with Gasteiger partial charge in [-0.15, -0.1) is 0 Å². The van der Waals surface area contributed by atoms with Crippen molar-refractivity contribution < 1.29 is 0 Å². The Morgan fingerprint density at radius 3 is 2.94 bits per heavy atom. The van der Waals surface area contributed by atoms with Crippen LogP contribution in [0.3, 0.4) is 0 Å². The Balaban J connectivity index is 2.00. The fourth-order valence-corrected chi connectivity index (χ4v) is 3.69. The van der Waals surface area contributed by atoms with Gasteiger partial charge in [-0.1, -0.05) is 24.6 Å². The quantitative estimate of drug-likeness (QED) is 0.641. The number of hydrogen-bond donors (Lipinski definition) is 0. The average molecular weight is 223 g/mol. The Morgan fingerprint density at radius 1 is 1.00 bits per heavy atom. The normalized spacial score (nSPS) is 26.1. The van der Waals surface area contributed by atoms with E-state index in [1.807, 2.05) is 0 Å². The van der Waals surface area contributed by atoms with E-state index in [0.29, 0.717) is 0 Å². The number of allylic oxidation sites excluding steroid dienone is 2. The molecule has 1 aromatic rings. The van der Waals surface area contributed by atoms with E-state index in [9.17, 15) is 0 Å². The first-order valence-electron chi connectivity index (χ1n) is 6.84. The van der Waals surface area contributed by atoms with Crippen molar-refractivity contribution in [3.63, 3.8) is 0 Å². The second-order valence-electron chi connectivity index (χ2n) is 5.46. The second-order valence-corrected chi connectivity index (χ2v) is 5.46. The molecule has 0 amide bonds. The molecule has 86 valence electrons. The zero-order valence-corrected chi connectivity index (χ0v) is 10.1. The summed E-state index contributed by atoms with van der Waals surface area (Å²) in [7, 11) is 0. The van der Waals surface area contributed by atoms with E-state index in [1.165, 1.54) is 60.4 Å². The van der Waals surface area contributed by atoms with E-state index < -0.39 is 0 Å². The van der Waals surface area contributed by atoms with E-state index in [2.05, 4.69) is 24.3 Å². The lowest BCUT2D eigenvalue weighted by Gasteiger charge is -2.31. The molecule has 0 bridgehead atoms. The lowest BCUT2D eigenvalue weighted by Crippen LogP contribution is -2.23. The summed E-state index contributed by atoms with van der Waals surface area (Å²) in [6.07, 6.45) is 8.08. The molecule has 1 unspecified atom stereocenters. The Kier molecular flexibility index (Phi) is 2.02. The summed E-state index contributed by atoms with van der Waals surface area (Å²) in [5.41, 5.74) is 4.59. The first-order valence-corrected chi connectivity index (χ1v) is 6.84. The van der Waals surface area contributed by atoms with Crippen molar-refractivity contribution in [1.82, 2.24) is 0 Å². The van der Waals surface area contributed by atoms with Crippen LogP contribution in [0.4, 0.5) is 0 Å². The third kappa shape index (κ3) is 1.35. The van der Waals surface area contributed by atoms with E-state index in [1.54, 1.807) is 5.57 Å². The van der Waals surface area contributed by atoms with Crippen LogP contribution in [0.2, 0.25) is 0 Å². The zero-order chi connectivity index (χ0) is 11.2. The lowest BCUT2D eigenvalue weighted by molar-refractivity contribution is 0.420. The minimum absolute atomic E-state index is 0.848. The fraction of sp³-hybridized carbons (Fsp3) is 0.438. The first-order chi connectivity index (χ1) is 8.43. The molecule has 1 saturated carbocycles. The predicted molar refractivity (Wildman–Crippen MR) is 68.8 cm³/mol. The SMILES string of the molecule is c1ccc2c(c1)=NC1=C3CCCCC3CCC=21. The largest absolute Gasteiger partial charge is 0.248 e. The highest BCUT2D eigenvalue weighted by atomic mass is 14.8. The minimum Gasteiger partial charge on any atom is -0.248 e. The van der Waals surface area contributed by atoms with Crippen LogP contribution < -0.4 is 10.6 Å². The van der Waals surface area contributed by atoms with E-state index in [0.717, 1.165) is 5.92 Å². The first kappa shape index (κ1) is 9.64.